The molecule has 0 aromatic heterocycles. The van der Waals surface area contributed by atoms with Crippen molar-refractivity contribution < 1.29 is 4.74 Å². The zero-order chi connectivity index (χ0) is 19.3. The number of benzene rings is 2. The lowest BCUT2D eigenvalue weighted by molar-refractivity contribution is 0.172. The predicted octanol–water partition coefficient (Wildman–Crippen LogP) is 5.49. The molecular weight excluding hydrogens is 368 g/mol. The number of rotatable bonds is 5. The first-order valence-electron chi connectivity index (χ1n) is 10.6. The Balaban J connectivity index is 1.54. The van der Waals surface area contributed by atoms with E-state index in [1.54, 1.807) is 7.11 Å². The Bertz CT molecular complexity index is 766. The molecule has 1 saturated heterocycles. The van der Waals surface area contributed by atoms with Crippen LogP contribution in [0.5, 0.6) is 5.75 Å². The summed E-state index contributed by atoms with van der Waals surface area (Å²) in [6.45, 7) is 0.761. The van der Waals surface area contributed by atoms with E-state index in [2.05, 4.69) is 41.0 Å². The molecule has 1 heterocycles. The van der Waals surface area contributed by atoms with Gasteiger partial charge in [0, 0.05) is 35.3 Å². The van der Waals surface area contributed by atoms with Crippen molar-refractivity contribution in [1.82, 2.24) is 10.6 Å². The van der Waals surface area contributed by atoms with Crippen LogP contribution < -0.4 is 15.4 Å². The molecule has 1 saturated carbocycles. The van der Waals surface area contributed by atoms with Gasteiger partial charge in [0.2, 0.25) is 0 Å². The second kappa shape index (κ2) is 9.30. The van der Waals surface area contributed by atoms with Crippen LogP contribution in [0, 0.1) is 5.92 Å². The highest BCUT2D eigenvalue weighted by molar-refractivity contribution is 6.30. The quantitative estimate of drug-likeness (QED) is 0.698. The maximum absolute atomic E-state index is 6.23. The largest absolute Gasteiger partial charge is 0.496 e. The standard InChI is InChI=1S/C24H31ClN2O/c1-28-23-13-12-20(25)14-19(23)16-26-22-15-18-10-6-3-7-11-21(18)27-24(22)17-8-4-2-5-9-17/h2,4-5,8-9,12-14,18,21-22,24,26-27H,3,6-7,10-11,15-16H2,1H3. The van der Waals surface area contributed by atoms with E-state index in [1.165, 1.54) is 44.1 Å². The SMILES string of the molecule is COc1ccc(Cl)cc1CNC1CC2CCCCCC2NC1c1ccccc1. The fraction of sp³-hybridized carbons (Fsp3) is 0.500. The molecule has 4 atom stereocenters. The molecule has 3 nitrogen and oxygen atoms in total. The Morgan fingerprint density at radius 2 is 1.89 bits per heavy atom. The Morgan fingerprint density at radius 3 is 2.71 bits per heavy atom. The average molecular weight is 399 g/mol. The van der Waals surface area contributed by atoms with Gasteiger partial charge >= 0.3 is 0 Å². The molecule has 1 aliphatic carbocycles. The molecule has 0 radical (unpaired) electrons. The van der Waals surface area contributed by atoms with E-state index >= 15 is 0 Å². The van der Waals surface area contributed by atoms with Crippen molar-refractivity contribution >= 4 is 11.6 Å². The first kappa shape index (κ1) is 19.8. The highest BCUT2D eigenvalue weighted by Crippen LogP contribution is 2.36. The van der Waals surface area contributed by atoms with Crippen LogP contribution in [0.15, 0.2) is 48.5 Å². The summed E-state index contributed by atoms with van der Waals surface area (Å²) in [6.07, 6.45) is 7.98. The number of hydrogen-bond acceptors (Lipinski definition) is 3. The molecular formula is C24H31ClN2O. The minimum Gasteiger partial charge on any atom is -0.496 e. The van der Waals surface area contributed by atoms with Crippen molar-refractivity contribution in [2.75, 3.05) is 7.11 Å². The van der Waals surface area contributed by atoms with E-state index in [4.69, 9.17) is 16.3 Å². The van der Waals surface area contributed by atoms with Crippen LogP contribution in [-0.2, 0) is 6.54 Å². The summed E-state index contributed by atoms with van der Waals surface area (Å²) < 4.78 is 5.54. The number of hydrogen-bond donors (Lipinski definition) is 2. The van der Waals surface area contributed by atoms with Gasteiger partial charge < -0.3 is 15.4 Å². The van der Waals surface area contributed by atoms with Gasteiger partial charge in [-0.15, -0.1) is 0 Å². The summed E-state index contributed by atoms with van der Waals surface area (Å²) in [6, 6.07) is 18.1. The zero-order valence-electron chi connectivity index (χ0n) is 16.7. The van der Waals surface area contributed by atoms with Gasteiger partial charge in [-0.3, -0.25) is 0 Å². The molecule has 1 aliphatic heterocycles. The van der Waals surface area contributed by atoms with Crippen molar-refractivity contribution in [3.8, 4) is 5.75 Å². The molecule has 0 amide bonds. The van der Waals surface area contributed by atoms with Crippen LogP contribution in [-0.4, -0.2) is 19.2 Å². The Hall–Kier alpha value is -1.55. The van der Waals surface area contributed by atoms with Gasteiger partial charge in [0.1, 0.15) is 5.75 Å². The lowest BCUT2D eigenvalue weighted by Gasteiger charge is -2.43. The molecule has 0 bridgehead atoms. The smallest absolute Gasteiger partial charge is 0.123 e. The summed E-state index contributed by atoms with van der Waals surface area (Å²) in [5.74, 6) is 1.66. The number of piperidine rings is 1. The molecule has 2 N–H and O–H groups in total. The molecule has 150 valence electrons. The van der Waals surface area contributed by atoms with Crippen molar-refractivity contribution in [2.24, 2.45) is 5.92 Å². The van der Waals surface area contributed by atoms with Gasteiger partial charge in [-0.2, -0.15) is 0 Å². The number of nitrogens with one attached hydrogen (secondary N) is 2. The molecule has 28 heavy (non-hydrogen) atoms. The molecule has 4 unspecified atom stereocenters. The van der Waals surface area contributed by atoms with Crippen LogP contribution in [0.25, 0.3) is 0 Å². The number of methoxy groups -OCH3 is 1. The van der Waals surface area contributed by atoms with E-state index in [0.717, 1.165) is 28.8 Å². The second-order valence-corrected chi connectivity index (χ2v) is 8.68. The van der Waals surface area contributed by atoms with E-state index in [0.29, 0.717) is 18.1 Å². The maximum Gasteiger partial charge on any atom is 0.123 e. The van der Waals surface area contributed by atoms with Crippen LogP contribution in [0.2, 0.25) is 5.02 Å². The van der Waals surface area contributed by atoms with Crippen LogP contribution in [0.4, 0.5) is 0 Å². The number of ether oxygens (including phenoxy) is 1. The average Bonchev–Trinajstić information content (AvgIpc) is 2.97. The van der Waals surface area contributed by atoms with Crippen molar-refractivity contribution in [1.29, 1.82) is 0 Å². The minimum atomic E-state index is 0.339. The van der Waals surface area contributed by atoms with E-state index in [1.807, 2.05) is 18.2 Å². The van der Waals surface area contributed by atoms with Gasteiger partial charge in [0.25, 0.3) is 0 Å². The van der Waals surface area contributed by atoms with Crippen molar-refractivity contribution in [2.45, 2.75) is 63.2 Å². The highest BCUT2D eigenvalue weighted by Gasteiger charge is 2.37. The summed E-state index contributed by atoms with van der Waals surface area (Å²) >= 11 is 6.23. The van der Waals surface area contributed by atoms with Gasteiger partial charge in [-0.05, 0) is 48.9 Å². The van der Waals surface area contributed by atoms with Gasteiger partial charge in [0.15, 0.2) is 0 Å². The third-order valence-electron chi connectivity index (χ3n) is 6.47. The van der Waals surface area contributed by atoms with Crippen molar-refractivity contribution in [3.05, 3.63) is 64.7 Å². The lowest BCUT2D eigenvalue weighted by atomic mass is 9.79. The van der Waals surface area contributed by atoms with Gasteiger partial charge in [-0.25, -0.2) is 0 Å². The second-order valence-electron chi connectivity index (χ2n) is 8.24. The van der Waals surface area contributed by atoms with Gasteiger partial charge in [0.05, 0.1) is 7.11 Å². The normalized spacial score (nSPS) is 27.6. The Labute approximate surface area is 173 Å². The third kappa shape index (κ3) is 4.53. The fourth-order valence-electron chi connectivity index (χ4n) is 5.01. The van der Waals surface area contributed by atoms with Gasteiger partial charge in [-0.1, -0.05) is 61.2 Å². The van der Waals surface area contributed by atoms with Crippen LogP contribution in [0.3, 0.4) is 0 Å². The maximum atomic E-state index is 6.23. The topological polar surface area (TPSA) is 33.3 Å². The molecule has 2 aromatic carbocycles. The number of halogens is 1. The first-order valence-corrected chi connectivity index (χ1v) is 11.0. The lowest BCUT2D eigenvalue weighted by Crippen LogP contribution is -2.54. The van der Waals surface area contributed by atoms with Crippen molar-refractivity contribution in [3.63, 3.8) is 0 Å². The minimum absolute atomic E-state index is 0.339. The van der Waals surface area contributed by atoms with Crippen LogP contribution in [0.1, 0.15) is 55.7 Å². The Kier molecular flexibility index (Phi) is 6.56. The fourth-order valence-corrected chi connectivity index (χ4v) is 5.21. The molecule has 4 heteroatoms. The molecule has 2 aromatic rings. The third-order valence-corrected chi connectivity index (χ3v) is 6.70. The first-order chi connectivity index (χ1) is 13.7. The molecule has 2 fully saturated rings. The van der Waals surface area contributed by atoms with E-state index < -0.39 is 0 Å². The van der Waals surface area contributed by atoms with E-state index in [-0.39, 0.29) is 0 Å². The monoisotopic (exact) mass is 398 g/mol. The van der Waals surface area contributed by atoms with E-state index in [9.17, 15) is 0 Å². The predicted molar refractivity (Wildman–Crippen MR) is 116 cm³/mol. The zero-order valence-corrected chi connectivity index (χ0v) is 17.4. The molecule has 0 spiro atoms. The van der Waals surface area contributed by atoms with Crippen LogP contribution >= 0.6 is 11.6 Å². The summed E-state index contributed by atoms with van der Waals surface area (Å²) in [4.78, 5) is 0. The summed E-state index contributed by atoms with van der Waals surface area (Å²) in [5, 5.41) is 8.61. The summed E-state index contributed by atoms with van der Waals surface area (Å²) in [7, 11) is 1.72. The highest BCUT2D eigenvalue weighted by atomic mass is 35.5. The molecule has 4 rings (SSSR count). The Morgan fingerprint density at radius 1 is 1.07 bits per heavy atom. The molecule has 2 aliphatic rings. The summed E-state index contributed by atoms with van der Waals surface area (Å²) in [5.41, 5.74) is 2.49. The number of fused-ring (bicyclic) bond motifs is 1.